The molecule has 0 unspecified atom stereocenters. The van der Waals surface area contributed by atoms with E-state index in [1.54, 1.807) is 0 Å². The number of para-hydroxylation sites is 2. The highest BCUT2D eigenvalue weighted by Gasteiger charge is 2.31. The Morgan fingerprint density at radius 1 is 0.920 bits per heavy atom. The topological polar surface area (TPSA) is 113 Å². The average molecular weight is 370 g/mol. The number of rotatable bonds is 6. The molecule has 2 aromatic rings. The average Bonchev–Trinajstić information content (AvgIpc) is 2.55. The third-order valence-corrected chi connectivity index (χ3v) is 3.82. The zero-order chi connectivity index (χ0) is 18.9. The summed E-state index contributed by atoms with van der Waals surface area (Å²) in [5, 5.41) is 13.1. The van der Waals surface area contributed by atoms with E-state index < -0.39 is 15.2 Å². The zero-order valence-corrected chi connectivity index (χ0v) is 14.8. The molecular weight excluding hydrogens is 348 g/mol. The van der Waals surface area contributed by atoms with Gasteiger partial charge in [-0.15, -0.1) is 0 Å². The number of ether oxygens (including phenoxy) is 2. The highest BCUT2D eigenvalue weighted by Crippen LogP contribution is 2.17. The molecule has 0 saturated carbocycles. The van der Waals surface area contributed by atoms with Gasteiger partial charge in [-0.25, -0.2) is 0 Å². The highest BCUT2D eigenvalue weighted by molar-refractivity contribution is 7.86. The molecule has 0 aliphatic carbocycles. The van der Waals surface area contributed by atoms with Crippen LogP contribution in [0.5, 0.6) is 11.5 Å². The maximum Gasteiger partial charge on any atom is 0.321 e. The minimum Gasteiger partial charge on any atom is -0.455 e. The summed E-state index contributed by atoms with van der Waals surface area (Å²) in [7, 11) is -4.73. The molecule has 8 heteroatoms. The summed E-state index contributed by atoms with van der Waals surface area (Å²) in [6, 6.07) is 19.4. The Kier molecular flexibility index (Phi) is 7.85. The van der Waals surface area contributed by atoms with Gasteiger partial charge in [0.25, 0.3) is 5.12 Å². The Bertz CT molecular complexity index is 668. The molecule has 2 aromatic carbocycles. The fourth-order valence-corrected chi connectivity index (χ4v) is 1.49. The Labute approximate surface area is 147 Å². The van der Waals surface area contributed by atoms with E-state index in [2.05, 4.69) is 0 Å². The van der Waals surface area contributed by atoms with Crippen LogP contribution in [0.1, 0.15) is 20.3 Å². The van der Waals surface area contributed by atoms with Gasteiger partial charge < -0.3 is 19.7 Å². The van der Waals surface area contributed by atoms with Crippen LogP contribution < -0.4 is 9.47 Å². The molecule has 3 N–H and O–H groups in total. The lowest BCUT2D eigenvalue weighted by molar-refractivity contribution is -0.0743. The van der Waals surface area contributed by atoms with Crippen LogP contribution in [0.15, 0.2) is 60.7 Å². The first-order chi connectivity index (χ1) is 11.6. The van der Waals surface area contributed by atoms with E-state index in [1.165, 1.54) is 0 Å². The third kappa shape index (κ3) is 7.99. The van der Waals surface area contributed by atoms with Gasteiger partial charge in [-0.05, 0) is 24.3 Å². The molecule has 0 radical (unpaired) electrons. The van der Waals surface area contributed by atoms with E-state index >= 15 is 0 Å². The molecule has 0 atom stereocenters. The Morgan fingerprint density at radius 2 is 1.24 bits per heavy atom. The van der Waals surface area contributed by atoms with Crippen LogP contribution in [-0.2, 0) is 10.1 Å². The summed E-state index contributed by atoms with van der Waals surface area (Å²) in [6.45, 7) is 2.58. The predicted octanol–water partition coefficient (Wildman–Crippen LogP) is 2.41. The largest absolute Gasteiger partial charge is 0.455 e. The van der Waals surface area contributed by atoms with Gasteiger partial charge in [0.15, 0.2) is 0 Å². The molecule has 0 bridgehead atoms. The maximum absolute atomic E-state index is 9.71. The van der Waals surface area contributed by atoms with Crippen molar-refractivity contribution in [2.24, 2.45) is 0 Å². The molecule has 138 valence electrons. The highest BCUT2D eigenvalue weighted by atomic mass is 32.2. The lowest BCUT2D eigenvalue weighted by Crippen LogP contribution is -2.33. The first kappa shape index (κ1) is 20.9. The Balaban J connectivity index is 0.000000333. The summed E-state index contributed by atoms with van der Waals surface area (Å²) >= 11 is 0. The van der Waals surface area contributed by atoms with Crippen molar-refractivity contribution >= 4 is 10.1 Å². The van der Waals surface area contributed by atoms with E-state index in [1.807, 2.05) is 67.6 Å². The van der Waals surface area contributed by atoms with Crippen molar-refractivity contribution in [3.63, 3.8) is 0 Å². The van der Waals surface area contributed by atoms with Crippen molar-refractivity contribution in [3.8, 4) is 11.5 Å². The SMILES string of the molecule is CC(O)(O)S(=O)(=O)O.CCC(Oc1ccccc1)Oc1ccccc1. The van der Waals surface area contributed by atoms with E-state index in [-0.39, 0.29) is 6.29 Å². The maximum atomic E-state index is 9.71. The lowest BCUT2D eigenvalue weighted by atomic mass is 10.3. The molecule has 25 heavy (non-hydrogen) atoms. The van der Waals surface area contributed by atoms with Crippen LogP contribution >= 0.6 is 0 Å². The summed E-state index contributed by atoms with van der Waals surface area (Å²) in [4.78, 5) is 0. The van der Waals surface area contributed by atoms with Gasteiger partial charge in [-0.3, -0.25) is 4.55 Å². The Morgan fingerprint density at radius 3 is 1.48 bits per heavy atom. The second-order valence-electron chi connectivity index (χ2n) is 5.11. The molecule has 0 amide bonds. The van der Waals surface area contributed by atoms with Crippen LogP contribution in [0.3, 0.4) is 0 Å². The van der Waals surface area contributed by atoms with E-state index in [4.69, 9.17) is 24.2 Å². The van der Waals surface area contributed by atoms with Crippen LogP contribution in [0, 0.1) is 0 Å². The minimum atomic E-state index is -4.73. The van der Waals surface area contributed by atoms with Gasteiger partial charge in [0.1, 0.15) is 11.5 Å². The van der Waals surface area contributed by atoms with Gasteiger partial charge >= 0.3 is 10.1 Å². The normalized spacial score (nSPS) is 11.4. The molecule has 0 heterocycles. The van der Waals surface area contributed by atoms with Gasteiger partial charge in [0, 0.05) is 13.3 Å². The number of aliphatic hydroxyl groups is 2. The second kappa shape index (κ2) is 9.38. The monoisotopic (exact) mass is 370 g/mol. The molecule has 2 rings (SSSR count). The predicted molar refractivity (Wildman–Crippen MR) is 92.6 cm³/mol. The van der Waals surface area contributed by atoms with Crippen molar-refractivity contribution in [3.05, 3.63) is 60.7 Å². The van der Waals surface area contributed by atoms with E-state index in [9.17, 15) is 8.42 Å². The molecule has 0 aliphatic heterocycles. The zero-order valence-electron chi connectivity index (χ0n) is 13.9. The van der Waals surface area contributed by atoms with Crippen LogP contribution in [-0.4, -0.2) is 34.6 Å². The third-order valence-electron chi connectivity index (χ3n) is 2.84. The molecule has 0 spiro atoms. The first-order valence-electron chi connectivity index (χ1n) is 7.48. The summed E-state index contributed by atoms with van der Waals surface area (Å²) in [6.07, 6.45) is 0.545. The number of hydrogen-bond acceptors (Lipinski definition) is 6. The van der Waals surface area contributed by atoms with Gasteiger partial charge in [-0.1, -0.05) is 43.3 Å². The molecule has 0 aliphatic rings. The summed E-state index contributed by atoms with van der Waals surface area (Å²) in [5.74, 6) is 1.66. The van der Waals surface area contributed by atoms with Crippen molar-refractivity contribution < 1.29 is 32.7 Å². The molecule has 0 fully saturated rings. The summed E-state index contributed by atoms with van der Waals surface area (Å²) < 4.78 is 38.7. The van der Waals surface area contributed by atoms with Crippen LogP contribution in [0.2, 0.25) is 0 Å². The fraction of sp³-hybridized carbons (Fsp3) is 0.294. The fourth-order valence-electron chi connectivity index (χ4n) is 1.49. The Hall–Kier alpha value is -2.13. The standard InChI is InChI=1S/C15H16O2.C2H6O5S/c1-2-15(16-13-9-5-3-6-10-13)17-14-11-7-4-8-12-14;1-2(3,4)8(5,6)7/h3-12,15H,2H2,1H3;3-4H,1H3,(H,5,6,7). The first-order valence-corrected chi connectivity index (χ1v) is 8.92. The number of benzene rings is 2. The van der Waals surface area contributed by atoms with Gasteiger partial charge in [0.2, 0.25) is 6.29 Å². The second-order valence-corrected chi connectivity index (χ2v) is 6.83. The summed E-state index contributed by atoms with van der Waals surface area (Å²) in [5.41, 5.74) is 0. The van der Waals surface area contributed by atoms with Crippen LogP contribution in [0.4, 0.5) is 0 Å². The minimum absolute atomic E-state index is 0.250. The molecular formula is C17H22O7S. The quantitative estimate of drug-likeness (QED) is 0.528. The van der Waals surface area contributed by atoms with E-state index in [0.29, 0.717) is 6.92 Å². The van der Waals surface area contributed by atoms with Crippen molar-refractivity contribution in [2.45, 2.75) is 31.7 Å². The lowest BCUT2D eigenvalue weighted by Gasteiger charge is -2.19. The molecule has 7 nitrogen and oxygen atoms in total. The van der Waals surface area contributed by atoms with Crippen molar-refractivity contribution in [2.75, 3.05) is 0 Å². The smallest absolute Gasteiger partial charge is 0.321 e. The molecule has 0 aromatic heterocycles. The van der Waals surface area contributed by atoms with Crippen molar-refractivity contribution in [1.29, 1.82) is 0 Å². The van der Waals surface area contributed by atoms with E-state index in [0.717, 1.165) is 17.9 Å². The van der Waals surface area contributed by atoms with Gasteiger partial charge in [-0.2, -0.15) is 8.42 Å². The number of hydrogen-bond donors (Lipinski definition) is 3. The molecule has 0 saturated heterocycles. The van der Waals surface area contributed by atoms with Crippen LogP contribution in [0.25, 0.3) is 0 Å². The van der Waals surface area contributed by atoms with Gasteiger partial charge in [0.05, 0.1) is 0 Å². The van der Waals surface area contributed by atoms with Crippen molar-refractivity contribution in [1.82, 2.24) is 0 Å².